The molecular formula is C10H43Na23O10. The van der Waals surface area contributed by atoms with Gasteiger partial charge in [-0.05, 0) is 0 Å². The standard InChI is InChI=1S/5C2H4O2.23Na.23H/c5*1-2(3)4;;;;;;;;;;;;;;;;;;;;;;;;;;;;;;;;;;;;;;;;;;;;;;/h5*1H3,(H,3,4);;;;;;;;;;;;;;;;;;;;;;;;;;;;;;;;;;;;;;;;;;;;;;. The van der Waals surface area contributed by atoms with Crippen LogP contribution in [0.1, 0.15) is 34.6 Å². The van der Waals surface area contributed by atoms with Gasteiger partial charge >= 0.3 is 680 Å². The first kappa shape index (κ1) is 197. The fourth-order valence-corrected chi connectivity index (χ4v) is 0. The third-order valence-corrected chi connectivity index (χ3v) is 0. The molecule has 33 heteroatoms. The van der Waals surface area contributed by atoms with Crippen LogP contribution >= 0.6 is 0 Å². The summed E-state index contributed by atoms with van der Waals surface area (Å²) in [5, 5.41) is 37.1. The Labute approximate surface area is 768 Å². The van der Waals surface area contributed by atoms with Crippen molar-refractivity contribution in [2.24, 2.45) is 0 Å². The molecule has 0 aliphatic heterocycles. The number of carbonyl (C=O) groups is 5. The van der Waals surface area contributed by atoms with E-state index in [9.17, 15) is 0 Å². The van der Waals surface area contributed by atoms with Crippen LogP contribution in [-0.4, -0.2) is 735 Å². The van der Waals surface area contributed by atoms with Crippen molar-refractivity contribution in [3.63, 3.8) is 0 Å². The van der Waals surface area contributed by atoms with E-state index in [4.69, 9.17) is 49.5 Å². The van der Waals surface area contributed by atoms with Gasteiger partial charge in [0.15, 0.2) is 0 Å². The SMILES string of the molecule is CC(=O)O.CC(=O)O.CC(=O)O.CC(=O)O.CC(=O)O.[NaH].[NaH].[NaH].[NaH].[NaH].[NaH].[NaH].[NaH].[NaH].[NaH].[NaH].[NaH].[NaH].[NaH].[NaH].[NaH].[NaH].[NaH].[NaH].[NaH].[NaH].[NaH].[NaH]. The molecule has 0 aliphatic rings. The zero-order chi connectivity index (χ0) is 17.9. The molecule has 0 spiro atoms. The molecule has 0 unspecified atom stereocenters. The molecule has 0 radical (unpaired) electrons. The van der Waals surface area contributed by atoms with Crippen molar-refractivity contribution in [1.82, 2.24) is 0 Å². The summed E-state index contributed by atoms with van der Waals surface area (Å²) in [4.78, 5) is 45.0. The van der Waals surface area contributed by atoms with Gasteiger partial charge in [0.1, 0.15) is 0 Å². The summed E-state index contributed by atoms with van der Waals surface area (Å²) in [5.74, 6) is -4.17. The topological polar surface area (TPSA) is 186 Å². The normalized spacial score (nSPS) is 2.91. The number of carboxylic acids is 5. The van der Waals surface area contributed by atoms with Gasteiger partial charge in [0.2, 0.25) is 0 Å². The van der Waals surface area contributed by atoms with E-state index in [1.165, 1.54) is 0 Å². The summed E-state index contributed by atoms with van der Waals surface area (Å²) in [7, 11) is 0. The fraction of sp³-hybridized carbons (Fsp3) is 0.500. The molecular weight excluding hydrogens is 809 g/mol. The minimum atomic E-state index is -0.833. The summed E-state index contributed by atoms with van der Waals surface area (Å²) >= 11 is 0. The number of aliphatic carboxylic acids is 5. The van der Waals surface area contributed by atoms with Crippen molar-refractivity contribution in [3.05, 3.63) is 0 Å². The summed E-state index contributed by atoms with van der Waals surface area (Å²) < 4.78 is 0. The Morgan fingerprint density at radius 1 is 0.209 bits per heavy atom. The van der Waals surface area contributed by atoms with Crippen LogP contribution in [0, 0.1) is 0 Å². The quantitative estimate of drug-likeness (QED) is 0.147. The first-order valence-corrected chi connectivity index (χ1v) is 4.64. The van der Waals surface area contributed by atoms with Crippen molar-refractivity contribution in [2.45, 2.75) is 34.6 Å². The molecule has 5 N–H and O–H groups in total. The predicted octanol–water partition coefficient (Wildman–Crippen LogP) is -14.5. The van der Waals surface area contributed by atoms with Crippen molar-refractivity contribution in [1.29, 1.82) is 0 Å². The van der Waals surface area contributed by atoms with Crippen molar-refractivity contribution < 1.29 is 49.5 Å². The predicted molar refractivity (Wildman–Crippen MR) is 231 cm³/mol. The third kappa shape index (κ3) is 548. The second kappa shape index (κ2) is 188. The first-order valence-electron chi connectivity index (χ1n) is 4.64. The van der Waals surface area contributed by atoms with Gasteiger partial charge in [0.25, 0.3) is 29.8 Å². The van der Waals surface area contributed by atoms with Gasteiger partial charge in [-0.25, -0.2) is 0 Å². The molecule has 0 saturated heterocycles. The second-order valence-electron chi connectivity index (χ2n) is 2.60. The maximum absolute atomic E-state index is 9.00. The number of rotatable bonds is 0. The molecule has 0 heterocycles. The van der Waals surface area contributed by atoms with Crippen LogP contribution in [0.15, 0.2) is 0 Å². The first-order chi connectivity index (χ1) is 8.66. The van der Waals surface area contributed by atoms with E-state index in [1.807, 2.05) is 0 Å². The van der Waals surface area contributed by atoms with Crippen LogP contribution in [0.5, 0.6) is 0 Å². The molecule has 0 aromatic heterocycles. The van der Waals surface area contributed by atoms with E-state index in [0.29, 0.717) is 0 Å². The molecule has 10 nitrogen and oxygen atoms in total. The second-order valence-corrected chi connectivity index (χ2v) is 2.60. The van der Waals surface area contributed by atoms with Gasteiger partial charge in [0, 0.05) is 34.6 Å². The van der Waals surface area contributed by atoms with Crippen LogP contribution in [-0.2, 0) is 24.0 Å². The van der Waals surface area contributed by atoms with Crippen LogP contribution in [0.4, 0.5) is 0 Å². The minimum absolute atomic E-state index is 0. The van der Waals surface area contributed by atoms with Gasteiger partial charge in [-0.15, -0.1) is 0 Å². The molecule has 0 aliphatic carbocycles. The van der Waals surface area contributed by atoms with Crippen LogP contribution < -0.4 is 0 Å². The molecule has 0 aromatic rings. The van der Waals surface area contributed by atoms with Crippen molar-refractivity contribution in [3.8, 4) is 0 Å². The Bertz CT molecular complexity index is 248. The van der Waals surface area contributed by atoms with Gasteiger partial charge in [-0.1, -0.05) is 0 Å². The summed E-state index contributed by atoms with van der Waals surface area (Å²) in [5.41, 5.74) is 0. The Morgan fingerprint density at radius 2 is 0.209 bits per heavy atom. The van der Waals surface area contributed by atoms with E-state index >= 15 is 0 Å². The monoisotopic (exact) mass is 852 g/mol. The van der Waals surface area contributed by atoms with Crippen molar-refractivity contribution in [2.75, 3.05) is 0 Å². The van der Waals surface area contributed by atoms with E-state index in [0.717, 1.165) is 34.6 Å². The van der Waals surface area contributed by atoms with Crippen molar-refractivity contribution >= 4 is 710 Å². The Kier molecular flexibility index (Phi) is 861. The van der Waals surface area contributed by atoms with E-state index in [2.05, 4.69) is 0 Å². The van der Waals surface area contributed by atoms with Gasteiger partial charge < -0.3 is 25.5 Å². The van der Waals surface area contributed by atoms with Gasteiger partial charge in [-0.3, -0.25) is 24.0 Å². The summed E-state index contributed by atoms with van der Waals surface area (Å²) in [6, 6.07) is 0. The Morgan fingerprint density at radius 3 is 0.209 bits per heavy atom. The van der Waals surface area contributed by atoms with Gasteiger partial charge in [0.05, 0.1) is 0 Å². The average molecular weight is 852 g/mol. The molecule has 0 fully saturated rings. The molecule has 0 rings (SSSR count). The van der Waals surface area contributed by atoms with E-state index in [1.54, 1.807) is 0 Å². The number of carboxylic acid groups (broad SMARTS) is 5. The molecule has 0 bridgehead atoms. The maximum atomic E-state index is 9.00. The van der Waals surface area contributed by atoms with Crippen LogP contribution in [0.3, 0.4) is 0 Å². The van der Waals surface area contributed by atoms with E-state index < -0.39 is 29.8 Å². The summed E-state index contributed by atoms with van der Waals surface area (Å²) in [6.07, 6.45) is 0. The number of hydrogen-bond acceptors (Lipinski definition) is 5. The van der Waals surface area contributed by atoms with Crippen LogP contribution in [0.2, 0.25) is 0 Å². The molecule has 43 heavy (non-hydrogen) atoms. The summed E-state index contributed by atoms with van der Waals surface area (Å²) in [6.45, 7) is 5.42. The molecule has 0 atom stereocenters. The molecule has 166 valence electrons. The molecule has 0 saturated carbocycles. The average Bonchev–Trinajstić information content (AvgIpc) is 1.94. The van der Waals surface area contributed by atoms with Crippen LogP contribution in [0.25, 0.3) is 0 Å². The third-order valence-electron chi connectivity index (χ3n) is 0. The molecule has 0 amide bonds. The fourth-order valence-electron chi connectivity index (χ4n) is 0. The zero-order valence-electron chi connectivity index (χ0n) is 11.8. The Hall–Kier alpha value is 20.4. The zero-order valence-corrected chi connectivity index (χ0v) is 11.8. The Balaban J connectivity index is -0.00000000222. The van der Waals surface area contributed by atoms with Gasteiger partial charge in [-0.2, -0.15) is 0 Å². The van der Waals surface area contributed by atoms with E-state index in [-0.39, 0.29) is 680 Å². The molecule has 0 aromatic carbocycles. The number of hydrogen-bond donors (Lipinski definition) is 5.